The number of cyclic esters (lactones) is 1. The average Bonchev–Trinajstić information content (AvgIpc) is 2.51. The van der Waals surface area contributed by atoms with E-state index in [0.29, 0.717) is 22.7 Å². The topological polar surface area (TPSA) is 55.4 Å². The van der Waals surface area contributed by atoms with Gasteiger partial charge < -0.3 is 10.1 Å². The van der Waals surface area contributed by atoms with Crippen molar-refractivity contribution in [1.29, 1.82) is 0 Å². The van der Waals surface area contributed by atoms with Gasteiger partial charge in [-0.25, -0.2) is 4.79 Å². The van der Waals surface area contributed by atoms with Crippen LogP contribution in [0.4, 0.5) is 5.69 Å². The van der Waals surface area contributed by atoms with Crippen molar-refractivity contribution < 1.29 is 14.3 Å². The number of carbonyl (C=O) groups excluding carboxylic acids is 2. The molecule has 1 amide bonds. The van der Waals surface area contributed by atoms with Crippen LogP contribution in [-0.2, 0) is 16.0 Å². The zero-order valence-corrected chi connectivity index (χ0v) is 12.7. The third-order valence-corrected chi connectivity index (χ3v) is 3.88. The summed E-state index contributed by atoms with van der Waals surface area (Å²) in [5.41, 5.74) is 2.85. The molecule has 0 saturated carbocycles. The fourth-order valence-corrected chi connectivity index (χ4v) is 2.59. The molecule has 0 fully saturated rings. The molecule has 1 heterocycles. The Labute approximate surface area is 133 Å². The number of benzene rings is 2. The zero-order valence-electron chi connectivity index (χ0n) is 11.9. The van der Waals surface area contributed by atoms with Gasteiger partial charge in [-0.15, -0.1) is 0 Å². The van der Waals surface area contributed by atoms with E-state index in [9.17, 15) is 9.59 Å². The lowest BCUT2D eigenvalue weighted by atomic mass is 9.98. The standard InChI is InChI=1S/C17H14ClNO3/c1-10-6-7-12(18)9-14(10)19-16(20)15-8-11-4-2-3-5-13(11)17(21)22-15/h2-7,9,15H,8H2,1H3,(H,19,20). The summed E-state index contributed by atoms with van der Waals surface area (Å²) >= 11 is 5.94. The van der Waals surface area contributed by atoms with E-state index in [2.05, 4.69) is 5.32 Å². The number of anilines is 1. The number of ether oxygens (including phenoxy) is 1. The first-order valence-electron chi connectivity index (χ1n) is 6.90. The third kappa shape index (κ3) is 2.83. The van der Waals surface area contributed by atoms with Crippen molar-refractivity contribution in [1.82, 2.24) is 0 Å². The van der Waals surface area contributed by atoms with Crippen LogP contribution in [0.15, 0.2) is 42.5 Å². The van der Waals surface area contributed by atoms with Gasteiger partial charge in [0, 0.05) is 17.1 Å². The summed E-state index contributed by atoms with van der Waals surface area (Å²) in [6.07, 6.45) is -0.464. The van der Waals surface area contributed by atoms with E-state index in [1.807, 2.05) is 25.1 Å². The molecule has 2 aromatic carbocycles. The normalized spacial score (nSPS) is 16.6. The van der Waals surface area contributed by atoms with E-state index in [1.54, 1.807) is 24.3 Å². The van der Waals surface area contributed by atoms with Crippen LogP contribution < -0.4 is 5.32 Å². The second kappa shape index (κ2) is 5.81. The van der Waals surface area contributed by atoms with E-state index in [0.717, 1.165) is 11.1 Å². The molecule has 0 radical (unpaired) electrons. The van der Waals surface area contributed by atoms with Crippen LogP contribution in [0.25, 0.3) is 0 Å². The minimum absolute atomic E-state index is 0.354. The predicted octanol–water partition coefficient (Wildman–Crippen LogP) is 3.37. The van der Waals surface area contributed by atoms with E-state index in [-0.39, 0.29) is 5.91 Å². The maximum atomic E-state index is 12.4. The van der Waals surface area contributed by atoms with Crippen LogP contribution in [-0.4, -0.2) is 18.0 Å². The minimum Gasteiger partial charge on any atom is -0.448 e. The van der Waals surface area contributed by atoms with Crippen molar-refractivity contribution in [2.75, 3.05) is 5.32 Å². The van der Waals surface area contributed by atoms with Gasteiger partial charge in [0.2, 0.25) is 0 Å². The Morgan fingerprint density at radius 1 is 1.27 bits per heavy atom. The van der Waals surface area contributed by atoms with Gasteiger partial charge in [0.05, 0.1) is 5.56 Å². The predicted molar refractivity (Wildman–Crippen MR) is 84.2 cm³/mol. The number of amides is 1. The molecule has 0 bridgehead atoms. The molecular weight excluding hydrogens is 302 g/mol. The Morgan fingerprint density at radius 3 is 2.86 bits per heavy atom. The van der Waals surface area contributed by atoms with Gasteiger partial charge in [0.25, 0.3) is 5.91 Å². The number of rotatable bonds is 2. The molecule has 1 aliphatic rings. The molecular formula is C17H14ClNO3. The number of esters is 1. The van der Waals surface area contributed by atoms with Crippen LogP contribution in [0.5, 0.6) is 0 Å². The molecule has 2 aromatic rings. The highest BCUT2D eigenvalue weighted by Crippen LogP contribution is 2.24. The molecule has 1 unspecified atom stereocenters. The van der Waals surface area contributed by atoms with Crippen molar-refractivity contribution in [3.63, 3.8) is 0 Å². The highest BCUT2D eigenvalue weighted by atomic mass is 35.5. The molecule has 0 aromatic heterocycles. The van der Waals surface area contributed by atoms with Gasteiger partial charge in [-0.1, -0.05) is 35.9 Å². The first-order valence-corrected chi connectivity index (χ1v) is 7.28. The molecule has 0 spiro atoms. The van der Waals surface area contributed by atoms with Gasteiger partial charge in [0.1, 0.15) is 0 Å². The Balaban J connectivity index is 1.79. The molecule has 22 heavy (non-hydrogen) atoms. The minimum atomic E-state index is -0.833. The van der Waals surface area contributed by atoms with Gasteiger partial charge >= 0.3 is 5.97 Å². The van der Waals surface area contributed by atoms with Crippen molar-refractivity contribution in [3.05, 3.63) is 64.2 Å². The number of carbonyl (C=O) groups is 2. The van der Waals surface area contributed by atoms with Crippen molar-refractivity contribution in [3.8, 4) is 0 Å². The summed E-state index contributed by atoms with van der Waals surface area (Å²) in [7, 11) is 0. The first kappa shape index (κ1) is 14.6. The number of halogens is 1. The molecule has 4 nitrogen and oxygen atoms in total. The van der Waals surface area contributed by atoms with E-state index in [1.165, 1.54) is 0 Å². The highest BCUT2D eigenvalue weighted by Gasteiger charge is 2.31. The summed E-state index contributed by atoms with van der Waals surface area (Å²) in [6, 6.07) is 12.4. The molecule has 1 aliphatic heterocycles. The van der Waals surface area contributed by atoms with Crippen molar-refractivity contribution in [2.24, 2.45) is 0 Å². The first-order chi connectivity index (χ1) is 10.5. The smallest absolute Gasteiger partial charge is 0.339 e. The van der Waals surface area contributed by atoms with Crippen LogP contribution in [0, 0.1) is 6.92 Å². The summed E-state index contributed by atoms with van der Waals surface area (Å²) in [5.74, 6) is -0.821. The highest BCUT2D eigenvalue weighted by molar-refractivity contribution is 6.31. The van der Waals surface area contributed by atoms with Crippen LogP contribution >= 0.6 is 11.6 Å². The number of hydrogen-bond acceptors (Lipinski definition) is 3. The quantitative estimate of drug-likeness (QED) is 0.864. The molecule has 5 heteroatoms. The number of hydrogen-bond donors (Lipinski definition) is 1. The van der Waals surface area contributed by atoms with Gasteiger partial charge in [0.15, 0.2) is 6.10 Å². The Hall–Kier alpha value is -2.33. The molecule has 0 saturated heterocycles. The number of aryl methyl sites for hydroxylation is 1. The molecule has 1 atom stereocenters. The third-order valence-electron chi connectivity index (χ3n) is 3.64. The maximum absolute atomic E-state index is 12.4. The fraction of sp³-hybridized carbons (Fsp3) is 0.176. The van der Waals surface area contributed by atoms with E-state index >= 15 is 0 Å². The number of nitrogens with one attached hydrogen (secondary N) is 1. The zero-order chi connectivity index (χ0) is 15.7. The van der Waals surface area contributed by atoms with Crippen molar-refractivity contribution >= 4 is 29.2 Å². The molecule has 0 aliphatic carbocycles. The lowest BCUT2D eigenvalue weighted by Crippen LogP contribution is -2.38. The second-order valence-corrected chi connectivity index (χ2v) is 5.64. The molecule has 112 valence electrons. The fourth-order valence-electron chi connectivity index (χ4n) is 2.42. The largest absolute Gasteiger partial charge is 0.448 e. The van der Waals surface area contributed by atoms with E-state index in [4.69, 9.17) is 16.3 Å². The Bertz CT molecular complexity index is 757. The Morgan fingerprint density at radius 2 is 2.05 bits per heavy atom. The average molecular weight is 316 g/mol. The summed E-state index contributed by atoms with van der Waals surface area (Å²) < 4.78 is 5.23. The molecule has 3 rings (SSSR count). The lowest BCUT2D eigenvalue weighted by Gasteiger charge is -2.24. The van der Waals surface area contributed by atoms with Crippen LogP contribution in [0.3, 0.4) is 0 Å². The van der Waals surface area contributed by atoms with Crippen LogP contribution in [0.2, 0.25) is 5.02 Å². The van der Waals surface area contributed by atoms with Gasteiger partial charge in [-0.05, 0) is 36.2 Å². The summed E-state index contributed by atoms with van der Waals surface area (Å²) in [6.45, 7) is 1.87. The maximum Gasteiger partial charge on any atom is 0.339 e. The Kier molecular flexibility index (Phi) is 3.86. The summed E-state index contributed by atoms with van der Waals surface area (Å²) in [5, 5.41) is 3.31. The van der Waals surface area contributed by atoms with Gasteiger partial charge in [-0.2, -0.15) is 0 Å². The molecule has 1 N–H and O–H groups in total. The van der Waals surface area contributed by atoms with Gasteiger partial charge in [-0.3, -0.25) is 4.79 Å². The van der Waals surface area contributed by atoms with E-state index < -0.39 is 12.1 Å². The SMILES string of the molecule is Cc1ccc(Cl)cc1NC(=O)C1Cc2ccccc2C(=O)O1. The number of fused-ring (bicyclic) bond motifs is 1. The van der Waals surface area contributed by atoms with Crippen LogP contribution in [0.1, 0.15) is 21.5 Å². The monoisotopic (exact) mass is 315 g/mol. The second-order valence-electron chi connectivity index (χ2n) is 5.20. The van der Waals surface area contributed by atoms with Crippen molar-refractivity contribution in [2.45, 2.75) is 19.4 Å². The lowest BCUT2D eigenvalue weighted by molar-refractivity contribution is -0.125. The summed E-state index contributed by atoms with van der Waals surface area (Å²) in [4.78, 5) is 24.3.